The first-order chi connectivity index (χ1) is 9.46. The average Bonchev–Trinajstić information content (AvgIpc) is 2.39. The van der Waals surface area contributed by atoms with Gasteiger partial charge in [0.25, 0.3) is 0 Å². The molecule has 0 saturated carbocycles. The van der Waals surface area contributed by atoms with Crippen molar-refractivity contribution in [3.8, 4) is 0 Å². The van der Waals surface area contributed by atoms with Crippen LogP contribution in [0.2, 0.25) is 0 Å². The smallest absolute Gasteiger partial charge is 0.207 e. The van der Waals surface area contributed by atoms with Crippen LogP contribution >= 0.6 is 12.2 Å². The standard InChI is InChI=1S/C14H18N2O2S2/c1-11-4-3-5-12(2)16(11)20(17,18)14-8-6-13(7-9-14)15-10-19/h6-9,11-12H,3-5H2,1-2H3. The summed E-state index contributed by atoms with van der Waals surface area (Å²) in [4.78, 5) is 4.14. The lowest BCUT2D eigenvalue weighted by molar-refractivity contribution is 0.204. The number of hydrogen-bond donors (Lipinski definition) is 0. The molecule has 2 rings (SSSR count). The van der Waals surface area contributed by atoms with Gasteiger partial charge < -0.3 is 0 Å². The monoisotopic (exact) mass is 310 g/mol. The number of rotatable bonds is 3. The van der Waals surface area contributed by atoms with Crippen LogP contribution in [-0.4, -0.2) is 30.0 Å². The third-order valence-electron chi connectivity index (χ3n) is 3.70. The van der Waals surface area contributed by atoms with Crippen LogP contribution in [0.1, 0.15) is 33.1 Å². The zero-order valence-electron chi connectivity index (χ0n) is 11.6. The molecule has 0 aliphatic carbocycles. The van der Waals surface area contributed by atoms with Crippen LogP contribution in [0.15, 0.2) is 34.2 Å². The molecule has 4 nitrogen and oxygen atoms in total. The molecule has 0 aromatic heterocycles. The normalized spacial score (nSPS) is 24.1. The molecule has 1 saturated heterocycles. The molecular formula is C14H18N2O2S2. The maximum atomic E-state index is 12.7. The highest BCUT2D eigenvalue weighted by molar-refractivity contribution is 7.89. The van der Waals surface area contributed by atoms with Crippen molar-refractivity contribution in [1.82, 2.24) is 4.31 Å². The summed E-state index contributed by atoms with van der Waals surface area (Å²) >= 11 is 4.53. The Labute approximate surface area is 125 Å². The van der Waals surface area contributed by atoms with Crippen LogP contribution in [0, 0.1) is 0 Å². The molecule has 1 aliphatic rings. The summed E-state index contributed by atoms with van der Waals surface area (Å²) in [6, 6.07) is 6.53. The van der Waals surface area contributed by atoms with E-state index in [1.54, 1.807) is 28.6 Å². The highest BCUT2D eigenvalue weighted by atomic mass is 32.2. The van der Waals surface area contributed by atoms with E-state index in [-0.39, 0.29) is 12.1 Å². The van der Waals surface area contributed by atoms with Gasteiger partial charge in [-0.1, -0.05) is 6.42 Å². The molecule has 0 N–H and O–H groups in total. The molecule has 2 unspecified atom stereocenters. The van der Waals surface area contributed by atoms with Crippen molar-refractivity contribution in [1.29, 1.82) is 0 Å². The van der Waals surface area contributed by atoms with Crippen molar-refractivity contribution in [3.05, 3.63) is 24.3 Å². The van der Waals surface area contributed by atoms with Gasteiger partial charge in [0.1, 0.15) is 0 Å². The maximum absolute atomic E-state index is 12.7. The zero-order chi connectivity index (χ0) is 14.8. The molecule has 1 aromatic rings. The Morgan fingerprint density at radius 2 is 1.75 bits per heavy atom. The molecule has 0 radical (unpaired) electrons. The molecule has 1 fully saturated rings. The summed E-state index contributed by atoms with van der Waals surface area (Å²) < 4.78 is 27.1. The Kier molecular flexibility index (Phi) is 4.70. The van der Waals surface area contributed by atoms with E-state index in [2.05, 4.69) is 22.4 Å². The topological polar surface area (TPSA) is 49.7 Å². The zero-order valence-corrected chi connectivity index (χ0v) is 13.2. The molecule has 108 valence electrons. The number of isothiocyanates is 1. The fourth-order valence-electron chi connectivity index (χ4n) is 2.74. The van der Waals surface area contributed by atoms with Crippen LogP contribution in [0.25, 0.3) is 0 Å². The van der Waals surface area contributed by atoms with Gasteiger partial charge in [0.05, 0.1) is 15.7 Å². The van der Waals surface area contributed by atoms with Crippen LogP contribution in [0.4, 0.5) is 5.69 Å². The van der Waals surface area contributed by atoms with Gasteiger partial charge in [-0.05, 0) is 63.2 Å². The third kappa shape index (κ3) is 2.99. The van der Waals surface area contributed by atoms with E-state index in [9.17, 15) is 8.42 Å². The molecule has 0 spiro atoms. The quantitative estimate of drug-likeness (QED) is 0.635. The highest BCUT2D eigenvalue weighted by Crippen LogP contribution is 2.30. The minimum Gasteiger partial charge on any atom is -0.207 e. The fourth-order valence-corrected chi connectivity index (χ4v) is 4.73. The number of hydrogen-bond acceptors (Lipinski definition) is 4. The Bertz CT molecular complexity index is 609. The van der Waals surface area contributed by atoms with Gasteiger partial charge in [-0.2, -0.15) is 9.30 Å². The summed E-state index contributed by atoms with van der Waals surface area (Å²) in [5, 5.41) is 2.27. The second-order valence-electron chi connectivity index (χ2n) is 5.16. The Balaban J connectivity index is 2.36. The van der Waals surface area contributed by atoms with Crippen molar-refractivity contribution in [3.63, 3.8) is 0 Å². The molecular weight excluding hydrogens is 292 g/mol. The van der Waals surface area contributed by atoms with Gasteiger partial charge in [-0.15, -0.1) is 0 Å². The minimum atomic E-state index is -3.45. The number of nitrogens with zero attached hydrogens (tertiary/aromatic N) is 2. The fraction of sp³-hybridized carbons (Fsp3) is 0.500. The predicted molar refractivity (Wildman–Crippen MR) is 82.9 cm³/mol. The molecule has 6 heteroatoms. The van der Waals surface area contributed by atoms with Gasteiger partial charge >= 0.3 is 0 Å². The van der Waals surface area contributed by atoms with Crippen molar-refractivity contribution >= 4 is 33.1 Å². The van der Waals surface area contributed by atoms with Crippen molar-refractivity contribution < 1.29 is 8.42 Å². The van der Waals surface area contributed by atoms with E-state index in [1.807, 2.05) is 13.8 Å². The van der Waals surface area contributed by atoms with Gasteiger partial charge in [-0.25, -0.2) is 8.42 Å². The lowest BCUT2D eigenvalue weighted by atomic mass is 10.0. The summed E-state index contributed by atoms with van der Waals surface area (Å²) in [7, 11) is -3.45. The first kappa shape index (κ1) is 15.3. The molecule has 0 bridgehead atoms. The first-order valence-corrected chi connectivity index (χ1v) is 8.53. The Hall–Kier alpha value is -1.07. The van der Waals surface area contributed by atoms with Crippen LogP contribution in [0.5, 0.6) is 0 Å². The summed E-state index contributed by atoms with van der Waals surface area (Å²) in [5.41, 5.74) is 0.610. The van der Waals surface area contributed by atoms with Gasteiger partial charge in [0.2, 0.25) is 10.0 Å². The second-order valence-corrected chi connectivity index (χ2v) is 7.19. The lowest BCUT2D eigenvalue weighted by Gasteiger charge is -2.37. The van der Waals surface area contributed by atoms with Gasteiger partial charge in [0.15, 0.2) is 0 Å². The van der Waals surface area contributed by atoms with E-state index in [4.69, 9.17) is 0 Å². The van der Waals surface area contributed by atoms with Crippen molar-refractivity contribution in [2.24, 2.45) is 4.99 Å². The van der Waals surface area contributed by atoms with Crippen LogP contribution in [0.3, 0.4) is 0 Å². The van der Waals surface area contributed by atoms with Gasteiger partial charge in [-0.3, -0.25) is 0 Å². The SMILES string of the molecule is CC1CCCC(C)N1S(=O)(=O)c1ccc(N=C=S)cc1. The van der Waals surface area contributed by atoms with Crippen molar-refractivity contribution in [2.75, 3.05) is 0 Å². The number of aliphatic imine (C=N–C) groups is 1. The number of benzene rings is 1. The van der Waals surface area contributed by atoms with E-state index < -0.39 is 10.0 Å². The Morgan fingerprint density at radius 1 is 1.20 bits per heavy atom. The molecule has 1 heterocycles. The van der Waals surface area contributed by atoms with Crippen molar-refractivity contribution in [2.45, 2.75) is 50.1 Å². The first-order valence-electron chi connectivity index (χ1n) is 6.68. The molecule has 0 amide bonds. The minimum absolute atomic E-state index is 0.0439. The summed E-state index contributed by atoms with van der Waals surface area (Å²) in [5.74, 6) is 0. The summed E-state index contributed by atoms with van der Waals surface area (Å²) in [6.45, 7) is 3.94. The molecule has 1 aliphatic heterocycles. The third-order valence-corrected chi connectivity index (χ3v) is 5.93. The number of thiocarbonyl (C=S) groups is 1. The largest absolute Gasteiger partial charge is 0.243 e. The molecule has 1 aromatic carbocycles. The summed E-state index contributed by atoms with van der Waals surface area (Å²) in [6.07, 6.45) is 2.91. The number of sulfonamides is 1. The second kappa shape index (κ2) is 6.14. The molecule has 2 atom stereocenters. The van der Waals surface area contributed by atoms with E-state index in [1.165, 1.54) is 0 Å². The van der Waals surface area contributed by atoms with E-state index >= 15 is 0 Å². The van der Waals surface area contributed by atoms with E-state index in [0.717, 1.165) is 19.3 Å². The lowest BCUT2D eigenvalue weighted by Crippen LogP contribution is -2.47. The maximum Gasteiger partial charge on any atom is 0.243 e. The predicted octanol–water partition coefficient (Wildman–Crippen LogP) is 3.37. The average molecular weight is 310 g/mol. The van der Waals surface area contributed by atoms with Gasteiger partial charge in [0, 0.05) is 12.1 Å². The number of piperidine rings is 1. The highest BCUT2D eigenvalue weighted by Gasteiger charge is 2.35. The Morgan fingerprint density at radius 3 is 2.25 bits per heavy atom. The molecule has 20 heavy (non-hydrogen) atoms. The van der Waals surface area contributed by atoms with Crippen LogP contribution in [-0.2, 0) is 10.0 Å². The van der Waals surface area contributed by atoms with Crippen LogP contribution < -0.4 is 0 Å². The van der Waals surface area contributed by atoms with E-state index in [0.29, 0.717) is 10.6 Å².